The molecule has 0 fully saturated rings. The lowest BCUT2D eigenvalue weighted by Gasteiger charge is -2.23. The van der Waals surface area contributed by atoms with Crippen molar-refractivity contribution in [1.29, 1.82) is 0 Å². The van der Waals surface area contributed by atoms with Gasteiger partial charge in [-0.15, -0.1) is 0 Å². The third-order valence-electron chi connectivity index (χ3n) is 6.53. The van der Waals surface area contributed by atoms with Crippen molar-refractivity contribution in [3.05, 3.63) is 78.9 Å². The number of aromatic nitrogens is 1. The molecule has 0 saturated heterocycles. The summed E-state index contributed by atoms with van der Waals surface area (Å²) < 4.78 is 8.48. The molecule has 1 unspecified atom stereocenters. The van der Waals surface area contributed by atoms with Gasteiger partial charge in [0, 0.05) is 26.9 Å². The van der Waals surface area contributed by atoms with Crippen LogP contribution in [0.25, 0.3) is 49.1 Å². The van der Waals surface area contributed by atoms with Crippen molar-refractivity contribution in [2.24, 2.45) is 4.99 Å². The number of hydrogen-bond acceptors (Lipinski definition) is 3. The van der Waals surface area contributed by atoms with E-state index in [1.165, 1.54) is 32.6 Å². The number of anilines is 1. The molecule has 0 spiro atoms. The number of aliphatic imine (C=N–C) groups is 1. The Hall–Kier alpha value is -4.05. The van der Waals surface area contributed by atoms with Crippen molar-refractivity contribution in [1.82, 2.24) is 4.40 Å². The minimum Gasteiger partial charge on any atom is -0.456 e. The lowest BCUT2D eigenvalue weighted by atomic mass is 10.0. The Bertz CT molecular complexity index is 1780. The third kappa shape index (κ3) is 1.59. The van der Waals surface area contributed by atoms with Crippen LogP contribution < -0.4 is 5.32 Å². The Morgan fingerprint density at radius 2 is 1.73 bits per heavy atom. The molecule has 3 aromatic heterocycles. The van der Waals surface area contributed by atoms with Crippen LogP contribution in [0.1, 0.15) is 0 Å². The number of nitrogens with zero attached hydrogens (tertiary/aromatic N) is 2. The standard InChI is InChI=1S/C26H15N3O/c1-4-11-20-14(6-1)23-21(30-20)13-12-19-22(23)15-7-5-8-16-24-26(29(19)25(15)16)28-18-10-3-2-9-17(18)27-24/h1-13,17,27H. The van der Waals surface area contributed by atoms with Gasteiger partial charge in [-0.2, -0.15) is 0 Å². The summed E-state index contributed by atoms with van der Waals surface area (Å²) in [7, 11) is 0. The van der Waals surface area contributed by atoms with Crippen LogP contribution in [0.5, 0.6) is 0 Å². The number of allylic oxidation sites excluding steroid dienone is 2. The van der Waals surface area contributed by atoms with Crippen LogP contribution in [-0.2, 0) is 0 Å². The highest BCUT2D eigenvalue weighted by Gasteiger charge is 2.29. The van der Waals surface area contributed by atoms with Gasteiger partial charge in [0.25, 0.3) is 0 Å². The van der Waals surface area contributed by atoms with Crippen LogP contribution in [0.15, 0.2) is 88.3 Å². The molecule has 4 heteroatoms. The summed E-state index contributed by atoms with van der Waals surface area (Å²) in [5, 5.41) is 9.74. The van der Waals surface area contributed by atoms with E-state index in [0.717, 1.165) is 33.8 Å². The molecule has 1 aliphatic carbocycles. The topological polar surface area (TPSA) is 41.9 Å². The van der Waals surface area contributed by atoms with E-state index < -0.39 is 0 Å². The maximum atomic E-state index is 6.17. The molecule has 4 nitrogen and oxygen atoms in total. The van der Waals surface area contributed by atoms with E-state index >= 15 is 0 Å². The number of rotatable bonds is 0. The van der Waals surface area contributed by atoms with Crippen molar-refractivity contribution in [3.8, 4) is 0 Å². The monoisotopic (exact) mass is 385 g/mol. The average Bonchev–Trinajstić information content (AvgIpc) is 3.43. The fraction of sp³-hybridized carbons (Fsp3) is 0.0385. The number of nitrogens with one attached hydrogen (secondary N) is 1. The van der Waals surface area contributed by atoms with Gasteiger partial charge in [-0.1, -0.05) is 54.6 Å². The van der Waals surface area contributed by atoms with Crippen molar-refractivity contribution >= 4 is 66.3 Å². The zero-order valence-electron chi connectivity index (χ0n) is 15.9. The summed E-state index contributed by atoms with van der Waals surface area (Å²) in [6.45, 7) is 0. The number of furan rings is 1. The Labute approximate surface area is 170 Å². The van der Waals surface area contributed by atoms with Crippen LogP contribution in [0.4, 0.5) is 11.5 Å². The van der Waals surface area contributed by atoms with Gasteiger partial charge in [-0.3, -0.25) is 4.40 Å². The maximum Gasteiger partial charge on any atom is 0.162 e. The third-order valence-corrected chi connectivity index (χ3v) is 6.53. The first-order valence-corrected chi connectivity index (χ1v) is 10.2. The molecular formula is C26H15N3O. The Morgan fingerprint density at radius 3 is 2.73 bits per heavy atom. The van der Waals surface area contributed by atoms with E-state index in [1.54, 1.807) is 0 Å². The molecule has 1 N–H and O–H groups in total. The second-order valence-corrected chi connectivity index (χ2v) is 8.07. The number of para-hydroxylation sites is 2. The fourth-order valence-electron chi connectivity index (χ4n) is 5.31. The molecule has 1 aliphatic heterocycles. The molecule has 140 valence electrons. The predicted octanol–water partition coefficient (Wildman–Crippen LogP) is 6.58. The minimum absolute atomic E-state index is 0.129. The molecule has 1 atom stereocenters. The normalized spacial score (nSPS) is 17.9. The molecule has 6 aromatic rings. The zero-order chi connectivity index (χ0) is 19.4. The fourth-order valence-corrected chi connectivity index (χ4v) is 5.31. The summed E-state index contributed by atoms with van der Waals surface area (Å²) >= 11 is 0. The smallest absolute Gasteiger partial charge is 0.162 e. The molecule has 0 amide bonds. The number of fused-ring (bicyclic) bond motifs is 11. The maximum absolute atomic E-state index is 6.17. The van der Waals surface area contributed by atoms with Crippen LogP contribution >= 0.6 is 0 Å². The zero-order valence-corrected chi connectivity index (χ0v) is 15.9. The Kier molecular flexibility index (Phi) is 2.44. The van der Waals surface area contributed by atoms with Crippen molar-refractivity contribution in [2.75, 3.05) is 5.32 Å². The van der Waals surface area contributed by atoms with Gasteiger partial charge in [0.1, 0.15) is 11.2 Å². The van der Waals surface area contributed by atoms with E-state index in [-0.39, 0.29) is 6.04 Å². The summed E-state index contributed by atoms with van der Waals surface area (Å²) in [4.78, 5) is 5.09. The quantitative estimate of drug-likeness (QED) is 0.321. The highest BCUT2D eigenvalue weighted by Crippen LogP contribution is 2.48. The highest BCUT2D eigenvalue weighted by molar-refractivity contribution is 6.31. The van der Waals surface area contributed by atoms with Crippen LogP contribution in [0.2, 0.25) is 0 Å². The summed E-state index contributed by atoms with van der Waals surface area (Å²) in [6, 6.07) is 19.2. The predicted molar refractivity (Wildman–Crippen MR) is 124 cm³/mol. The number of benzene rings is 3. The molecule has 0 saturated carbocycles. The lowest BCUT2D eigenvalue weighted by Crippen LogP contribution is -2.29. The summed E-state index contributed by atoms with van der Waals surface area (Å²) in [5.74, 6) is 0.981. The summed E-state index contributed by atoms with van der Waals surface area (Å²) in [6.07, 6.45) is 8.38. The van der Waals surface area contributed by atoms with Crippen molar-refractivity contribution in [3.63, 3.8) is 0 Å². The van der Waals surface area contributed by atoms with Crippen LogP contribution in [0, 0.1) is 0 Å². The second kappa shape index (κ2) is 4.92. The van der Waals surface area contributed by atoms with Gasteiger partial charge >= 0.3 is 0 Å². The molecule has 8 rings (SSSR count). The average molecular weight is 385 g/mol. The van der Waals surface area contributed by atoms with E-state index in [0.29, 0.717) is 0 Å². The van der Waals surface area contributed by atoms with Crippen LogP contribution in [0.3, 0.4) is 0 Å². The van der Waals surface area contributed by atoms with Crippen LogP contribution in [-0.4, -0.2) is 16.2 Å². The van der Waals surface area contributed by atoms with Gasteiger partial charge in [0.05, 0.1) is 28.5 Å². The first-order valence-electron chi connectivity index (χ1n) is 10.2. The van der Waals surface area contributed by atoms with E-state index in [4.69, 9.17) is 9.41 Å². The van der Waals surface area contributed by atoms with Gasteiger partial charge in [0.15, 0.2) is 5.82 Å². The minimum atomic E-state index is 0.129. The summed E-state index contributed by atoms with van der Waals surface area (Å²) in [5.41, 5.74) is 6.41. The van der Waals surface area contributed by atoms with Gasteiger partial charge < -0.3 is 9.73 Å². The van der Waals surface area contributed by atoms with E-state index in [2.05, 4.69) is 76.5 Å². The molecule has 3 aromatic carbocycles. The van der Waals surface area contributed by atoms with E-state index in [1.807, 2.05) is 12.1 Å². The van der Waals surface area contributed by atoms with Crippen molar-refractivity contribution < 1.29 is 4.42 Å². The first kappa shape index (κ1) is 14.9. The van der Waals surface area contributed by atoms with Crippen molar-refractivity contribution in [2.45, 2.75) is 6.04 Å². The Morgan fingerprint density at radius 1 is 0.833 bits per heavy atom. The molecule has 30 heavy (non-hydrogen) atoms. The second-order valence-electron chi connectivity index (χ2n) is 8.07. The molecular weight excluding hydrogens is 370 g/mol. The first-order chi connectivity index (χ1) is 14.9. The molecule has 2 aliphatic rings. The van der Waals surface area contributed by atoms with E-state index in [9.17, 15) is 0 Å². The SMILES string of the molecule is C1=CC2=Nc3c(c4cccc5c6c7c(ccc6n3c45)oc3ccccc37)NC2C=C1. The molecule has 0 bridgehead atoms. The molecule has 4 heterocycles. The number of hydrogen-bond donors (Lipinski definition) is 1. The largest absolute Gasteiger partial charge is 0.456 e. The lowest BCUT2D eigenvalue weighted by molar-refractivity contribution is 0.669. The van der Waals surface area contributed by atoms with Gasteiger partial charge in [-0.05, 0) is 24.3 Å². The van der Waals surface area contributed by atoms with Gasteiger partial charge in [-0.25, -0.2) is 4.99 Å². The molecule has 0 radical (unpaired) electrons. The van der Waals surface area contributed by atoms with Gasteiger partial charge in [0.2, 0.25) is 0 Å². The highest BCUT2D eigenvalue weighted by atomic mass is 16.3. The Balaban J connectivity index is 1.63.